The first-order valence-electron chi connectivity index (χ1n) is 13.9. The van der Waals surface area contributed by atoms with Gasteiger partial charge < -0.3 is 30.4 Å². The van der Waals surface area contributed by atoms with Gasteiger partial charge in [-0.3, -0.25) is 0 Å². The number of alkyl halides is 2. The minimum atomic E-state index is -2.73. The fourth-order valence-corrected chi connectivity index (χ4v) is 5.88. The number of hydrogen-bond acceptors (Lipinski definition) is 7. The second-order valence-corrected chi connectivity index (χ2v) is 11.4. The van der Waals surface area contributed by atoms with Crippen LogP contribution in [0, 0.1) is 17.8 Å². The number of aromatic nitrogens is 4. The van der Waals surface area contributed by atoms with Gasteiger partial charge in [-0.25, -0.2) is 23.5 Å². The molecule has 11 nitrogen and oxygen atoms in total. The zero-order chi connectivity index (χ0) is 27.9. The largest absolute Gasteiger partial charge is 0.463 e. The Labute approximate surface area is 226 Å². The molecule has 0 radical (unpaired) electrons. The lowest BCUT2D eigenvalue weighted by Gasteiger charge is -2.37. The van der Waals surface area contributed by atoms with Gasteiger partial charge in [0, 0.05) is 31.5 Å². The normalized spacial score (nSPS) is 26.8. The van der Waals surface area contributed by atoms with Crippen molar-refractivity contribution in [2.24, 2.45) is 28.5 Å². The number of morpholine rings is 1. The van der Waals surface area contributed by atoms with Crippen LogP contribution in [0.5, 0.6) is 0 Å². The predicted molar refractivity (Wildman–Crippen MR) is 144 cm³/mol. The second-order valence-electron chi connectivity index (χ2n) is 11.4. The number of hydrogen-bond donors (Lipinski definition) is 3. The number of amides is 1. The van der Waals surface area contributed by atoms with E-state index in [9.17, 15) is 13.6 Å². The Bertz CT molecular complexity index is 1250. The van der Waals surface area contributed by atoms with Gasteiger partial charge in [-0.05, 0) is 51.4 Å². The van der Waals surface area contributed by atoms with Crippen LogP contribution >= 0.6 is 0 Å². The molecule has 1 saturated heterocycles. The van der Waals surface area contributed by atoms with E-state index in [1.54, 1.807) is 6.92 Å². The molecular weight excluding hydrogens is 510 g/mol. The van der Waals surface area contributed by atoms with Crippen LogP contribution in [-0.2, 0) is 11.3 Å². The summed E-state index contributed by atoms with van der Waals surface area (Å²) in [7, 11) is 0. The maximum absolute atomic E-state index is 14.8. The van der Waals surface area contributed by atoms with E-state index in [1.807, 2.05) is 11.5 Å². The number of carbonyl (C=O) groups is 1. The van der Waals surface area contributed by atoms with E-state index in [0.29, 0.717) is 68.0 Å². The van der Waals surface area contributed by atoms with Crippen molar-refractivity contribution in [3.05, 3.63) is 5.82 Å². The highest BCUT2D eigenvalue weighted by Crippen LogP contribution is 2.43. The summed E-state index contributed by atoms with van der Waals surface area (Å²) in [6.45, 7) is 7.70. The molecule has 0 spiro atoms. The lowest BCUT2D eigenvalue weighted by molar-refractivity contribution is -0.0970. The van der Waals surface area contributed by atoms with E-state index in [2.05, 4.69) is 32.1 Å². The highest BCUT2D eigenvalue weighted by atomic mass is 19.3. The Morgan fingerprint density at radius 3 is 2.67 bits per heavy atom. The maximum atomic E-state index is 14.8. The molecule has 3 aliphatic rings. The monoisotopic (exact) mass is 548 g/mol. The fourth-order valence-electron chi connectivity index (χ4n) is 5.88. The molecule has 214 valence electrons. The van der Waals surface area contributed by atoms with Crippen molar-refractivity contribution in [1.82, 2.24) is 19.5 Å². The Morgan fingerprint density at radius 1 is 1.26 bits per heavy atom. The van der Waals surface area contributed by atoms with Crippen LogP contribution in [0.2, 0.25) is 0 Å². The average molecular weight is 549 g/mol. The van der Waals surface area contributed by atoms with Gasteiger partial charge in [0.2, 0.25) is 5.95 Å². The molecule has 4 N–H and O–H groups in total. The second kappa shape index (κ2) is 10.8. The number of rotatable bonds is 7. The van der Waals surface area contributed by atoms with Crippen molar-refractivity contribution in [3.8, 4) is 0 Å². The average Bonchev–Trinajstić information content (AvgIpc) is 3.18. The maximum Gasteiger partial charge on any atom is 0.433 e. The molecule has 5 rings (SSSR count). The van der Waals surface area contributed by atoms with Crippen LogP contribution in [0.4, 0.5) is 25.3 Å². The van der Waals surface area contributed by atoms with E-state index >= 15 is 0 Å². The van der Waals surface area contributed by atoms with Crippen LogP contribution in [0.15, 0.2) is 4.99 Å². The highest BCUT2D eigenvalue weighted by Gasteiger charge is 2.43. The molecule has 13 heteroatoms. The van der Waals surface area contributed by atoms with E-state index in [0.717, 1.165) is 12.8 Å². The third kappa shape index (κ3) is 5.64. The van der Waals surface area contributed by atoms with Gasteiger partial charge in [-0.2, -0.15) is 9.98 Å². The van der Waals surface area contributed by atoms with Gasteiger partial charge in [0.1, 0.15) is 5.52 Å². The van der Waals surface area contributed by atoms with Crippen LogP contribution in [0.1, 0.15) is 65.1 Å². The first-order valence-corrected chi connectivity index (χ1v) is 13.9. The quantitative estimate of drug-likeness (QED) is 0.344. The minimum absolute atomic E-state index is 0.0125. The number of nitrogens with two attached hydrogens (primary N) is 1. The molecule has 3 fully saturated rings. The number of anilines is 2. The molecule has 2 aromatic heterocycles. The summed E-state index contributed by atoms with van der Waals surface area (Å²) in [6, 6.07) is 0.0924. The number of amidine groups is 1. The van der Waals surface area contributed by atoms with Gasteiger partial charge in [-0.1, -0.05) is 13.3 Å². The molecule has 1 aliphatic heterocycles. The van der Waals surface area contributed by atoms with E-state index < -0.39 is 17.9 Å². The van der Waals surface area contributed by atoms with Gasteiger partial charge in [0.05, 0.1) is 19.3 Å². The van der Waals surface area contributed by atoms with Crippen molar-refractivity contribution in [2.45, 2.75) is 83.8 Å². The first kappa shape index (κ1) is 27.5. The molecule has 0 aromatic carbocycles. The summed E-state index contributed by atoms with van der Waals surface area (Å²) < 4.78 is 37.2. The Balaban J connectivity index is 1.64. The van der Waals surface area contributed by atoms with Crippen molar-refractivity contribution in [2.75, 3.05) is 30.0 Å². The number of fused-ring (bicyclic) bond motifs is 1. The third-order valence-corrected chi connectivity index (χ3v) is 8.60. The first-order chi connectivity index (χ1) is 18.5. The summed E-state index contributed by atoms with van der Waals surface area (Å²) in [5.41, 5.74) is 6.87. The number of carboxylic acid groups (broad SMARTS) is 1. The summed E-state index contributed by atoms with van der Waals surface area (Å²) in [5, 5.41) is 12.6. The van der Waals surface area contributed by atoms with E-state index in [1.165, 1.54) is 6.42 Å². The summed E-state index contributed by atoms with van der Waals surface area (Å²) in [5.74, 6) is -2.46. The van der Waals surface area contributed by atoms with Crippen LogP contribution in [-0.4, -0.2) is 74.3 Å². The molecule has 4 atom stereocenters. The van der Waals surface area contributed by atoms with Gasteiger partial charge in [-0.15, -0.1) is 0 Å². The molecule has 4 unspecified atom stereocenters. The Kier molecular flexibility index (Phi) is 7.62. The number of nitrogens with one attached hydrogen (secondary N) is 1. The van der Waals surface area contributed by atoms with Gasteiger partial charge >= 0.3 is 6.09 Å². The molecule has 2 aromatic rings. The molecule has 0 bridgehead atoms. The zero-order valence-electron chi connectivity index (χ0n) is 22.7. The zero-order valence-corrected chi connectivity index (χ0v) is 22.7. The molecule has 1 amide bonds. The van der Waals surface area contributed by atoms with Crippen molar-refractivity contribution in [1.29, 1.82) is 0 Å². The fraction of sp³-hybridized carbons (Fsp3) is 0.731. The van der Waals surface area contributed by atoms with E-state index in [4.69, 9.17) is 20.6 Å². The lowest BCUT2D eigenvalue weighted by atomic mass is 9.80. The van der Waals surface area contributed by atoms with Gasteiger partial charge in [0.25, 0.3) is 5.92 Å². The smallest absolute Gasteiger partial charge is 0.433 e. The van der Waals surface area contributed by atoms with Crippen LogP contribution < -0.4 is 16.0 Å². The Hall–Kier alpha value is -3.09. The number of halogens is 2. The standard InChI is InChI=1S/C26H38F2N8O3/c1-14-7-8-17(11-26(14,27)28)12-36-19-21(30-16(3)18-5-4-6-18)32-23(20(29)31-25(37)38)33-22(19)34-24(36)35-9-10-39-13-15(35)2/h14-18H,4-13H2,1-3H3,(H2,29,31)(H,37,38)(H,30,32,33). The molecule has 39 heavy (non-hydrogen) atoms. The van der Waals surface area contributed by atoms with Crippen LogP contribution in [0.25, 0.3) is 11.2 Å². The third-order valence-electron chi connectivity index (χ3n) is 8.60. The number of nitrogens with zero attached hydrogens (tertiary/aromatic N) is 6. The topological polar surface area (TPSA) is 144 Å². The van der Waals surface area contributed by atoms with Crippen molar-refractivity contribution in [3.63, 3.8) is 0 Å². The van der Waals surface area contributed by atoms with E-state index in [-0.39, 0.29) is 36.1 Å². The molecule has 2 aliphatic carbocycles. The summed E-state index contributed by atoms with van der Waals surface area (Å²) >= 11 is 0. The Morgan fingerprint density at radius 2 is 2.03 bits per heavy atom. The summed E-state index contributed by atoms with van der Waals surface area (Å²) in [6.07, 6.45) is 2.88. The molecular formula is C26H38F2N8O3. The van der Waals surface area contributed by atoms with Crippen molar-refractivity contribution >= 4 is 34.9 Å². The minimum Gasteiger partial charge on any atom is -0.463 e. The molecule has 2 saturated carbocycles. The number of ether oxygens (including phenoxy) is 1. The SMILES string of the molecule is CC(Nc1nc(C(N)=NC(=O)O)nc2nc(N3CCOCC3C)n(CC3CCC(C)C(F)(F)C3)c12)C1CCC1. The number of imidazole rings is 1. The van der Waals surface area contributed by atoms with Crippen molar-refractivity contribution < 1.29 is 23.4 Å². The van der Waals surface area contributed by atoms with Gasteiger partial charge in [0.15, 0.2) is 23.1 Å². The van der Waals surface area contributed by atoms with Crippen LogP contribution in [0.3, 0.4) is 0 Å². The lowest BCUT2D eigenvalue weighted by Crippen LogP contribution is -2.45. The summed E-state index contributed by atoms with van der Waals surface area (Å²) in [4.78, 5) is 30.7. The number of aliphatic imine (C=N–C) groups is 1. The molecule has 3 heterocycles. The highest BCUT2D eigenvalue weighted by molar-refractivity contribution is 6.01. The predicted octanol–water partition coefficient (Wildman–Crippen LogP) is 4.11.